The summed E-state index contributed by atoms with van der Waals surface area (Å²) in [5, 5.41) is 0. The topological polar surface area (TPSA) is 73.6 Å². The first kappa shape index (κ1) is 10.4. The maximum Gasteiger partial charge on any atom is 0.186 e. The monoisotopic (exact) mass is 193 g/mol. The molecule has 0 aliphatic rings. The average molecular weight is 193 g/mol. The number of rotatable bonds is 3. The smallest absolute Gasteiger partial charge is 0.186 e. The summed E-state index contributed by atoms with van der Waals surface area (Å²) in [7, 11) is 1.63. The van der Waals surface area contributed by atoms with E-state index in [4.69, 9.17) is 16.2 Å². The van der Waals surface area contributed by atoms with Gasteiger partial charge in [0.05, 0.1) is 13.7 Å². The molecule has 1 aromatic rings. The molecule has 1 aromatic carbocycles. The SMILES string of the molecule is COc1ccc(C)cc1CN=C(N)N. The van der Waals surface area contributed by atoms with Crippen LogP contribution in [0.15, 0.2) is 23.2 Å². The Hall–Kier alpha value is -1.71. The van der Waals surface area contributed by atoms with Crippen molar-refractivity contribution in [3.05, 3.63) is 29.3 Å². The van der Waals surface area contributed by atoms with Crippen LogP contribution in [0, 0.1) is 6.92 Å². The van der Waals surface area contributed by atoms with Crippen LogP contribution in [-0.4, -0.2) is 13.1 Å². The molecule has 0 bridgehead atoms. The van der Waals surface area contributed by atoms with Crippen LogP contribution in [-0.2, 0) is 6.54 Å². The number of nitrogens with zero attached hydrogens (tertiary/aromatic N) is 1. The van der Waals surface area contributed by atoms with Crippen molar-refractivity contribution in [2.75, 3.05) is 7.11 Å². The highest BCUT2D eigenvalue weighted by Crippen LogP contribution is 2.20. The van der Waals surface area contributed by atoms with Crippen LogP contribution in [0.3, 0.4) is 0 Å². The van der Waals surface area contributed by atoms with Gasteiger partial charge >= 0.3 is 0 Å². The quantitative estimate of drug-likeness (QED) is 0.550. The second-order valence-corrected chi connectivity index (χ2v) is 3.06. The minimum absolute atomic E-state index is 0.0913. The lowest BCUT2D eigenvalue weighted by molar-refractivity contribution is 0.410. The van der Waals surface area contributed by atoms with E-state index in [-0.39, 0.29) is 5.96 Å². The second-order valence-electron chi connectivity index (χ2n) is 3.06. The van der Waals surface area contributed by atoms with Gasteiger partial charge in [0.25, 0.3) is 0 Å². The Bertz CT molecular complexity index is 343. The van der Waals surface area contributed by atoms with Gasteiger partial charge in [-0.05, 0) is 13.0 Å². The second kappa shape index (κ2) is 4.50. The molecule has 0 unspecified atom stereocenters. The summed E-state index contributed by atoms with van der Waals surface area (Å²) in [4.78, 5) is 3.94. The van der Waals surface area contributed by atoms with Crippen molar-refractivity contribution >= 4 is 5.96 Å². The minimum Gasteiger partial charge on any atom is -0.496 e. The van der Waals surface area contributed by atoms with Crippen LogP contribution in [0.1, 0.15) is 11.1 Å². The third-order valence-corrected chi connectivity index (χ3v) is 1.87. The molecule has 0 saturated carbocycles. The summed E-state index contributed by atoms with van der Waals surface area (Å²) >= 11 is 0. The van der Waals surface area contributed by atoms with E-state index < -0.39 is 0 Å². The number of nitrogens with two attached hydrogens (primary N) is 2. The van der Waals surface area contributed by atoms with Crippen molar-refractivity contribution in [1.82, 2.24) is 0 Å². The van der Waals surface area contributed by atoms with Gasteiger partial charge in [-0.15, -0.1) is 0 Å². The Morgan fingerprint density at radius 1 is 1.43 bits per heavy atom. The summed E-state index contributed by atoms with van der Waals surface area (Å²) in [6, 6.07) is 5.90. The number of hydrogen-bond donors (Lipinski definition) is 2. The van der Waals surface area contributed by atoms with Gasteiger partial charge in [-0.1, -0.05) is 17.7 Å². The van der Waals surface area contributed by atoms with Crippen molar-refractivity contribution in [3.8, 4) is 5.75 Å². The molecule has 4 nitrogen and oxygen atoms in total. The lowest BCUT2D eigenvalue weighted by Gasteiger charge is -2.07. The fraction of sp³-hybridized carbons (Fsp3) is 0.300. The molecule has 4 heteroatoms. The van der Waals surface area contributed by atoms with E-state index in [2.05, 4.69) is 4.99 Å². The fourth-order valence-corrected chi connectivity index (χ4v) is 1.21. The molecular weight excluding hydrogens is 178 g/mol. The van der Waals surface area contributed by atoms with Crippen LogP contribution in [0.2, 0.25) is 0 Å². The molecule has 0 heterocycles. The highest BCUT2D eigenvalue weighted by Gasteiger charge is 2.01. The third-order valence-electron chi connectivity index (χ3n) is 1.87. The van der Waals surface area contributed by atoms with Gasteiger partial charge in [-0.2, -0.15) is 0 Å². The summed E-state index contributed by atoms with van der Waals surface area (Å²) < 4.78 is 5.18. The van der Waals surface area contributed by atoms with Crippen molar-refractivity contribution in [3.63, 3.8) is 0 Å². The van der Waals surface area contributed by atoms with Gasteiger partial charge in [0, 0.05) is 5.56 Å². The van der Waals surface area contributed by atoms with E-state index in [0.717, 1.165) is 16.9 Å². The van der Waals surface area contributed by atoms with Crippen molar-refractivity contribution in [2.45, 2.75) is 13.5 Å². The van der Waals surface area contributed by atoms with Crippen LogP contribution in [0.5, 0.6) is 5.75 Å². The molecule has 76 valence electrons. The minimum atomic E-state index is 0.0913. The lowest BCUT2D eigenvalue weighted by atomic mass is 10.1. The van der Waals surface area contributed by atoms with E-state index in [9.17, 15) is 0 Å². The molecule has 0 aliphatic heterocycles. The molecule has 0 amide bonds. The Morgan fingerprint density at radius 2 is 2.14 bits per heavy atom. The molecule has 0 atom stereocenters. The Balaban J connectivity index is 2.93. The molecule has 0 saturated heterocycles. The van der Waals surface area contributed by atoms with E-state index in [1.807, 2.05) is 25.1 Å². The molecule has 0 radical (unpaired) electrons. The number of aryl methyl sites for hydroxylation is 1. The molecule has 1 rings (SSSR count). The molecular formula is C10H15N3O. The van der Waals surface area contributed by atoms with Gasteiger partial charge in [0.2, 0.25) is 0 Å². The van der Waals surface area contributed by atoms with Crippen LogP contribution in [0.25, 0.3) is 0 Å². The highest BCUT2D eigenvalue weighted by molar-refractivity contribution is 5.75. The summed E-state index contributed by atoms with van der Waals surface area (Å²) in [6.07, 6.45) is 0. The zero-order valence-electron chi connectivity index (χ0n) is 8.45. The largest absolute Gasteiger partial charge is 0.496 e. The molecule has 0 aliphatic carbocycles. The standard InChI is InChI=1S/C10H15N3O/c1-7-3-4-9(14-2)8(5-7)6-13-10(11)12/h3-5H,6H2,1-2H3,(H4,11,12,13). The fourth-order valence-electron chi connectivity index (χ4n) is 1.21. The zero-order chi connectivity index (χ0) is 10.6. The zero-order valence-corrected chi connectivity index (χ0v) is 8.45. The summed E-state index contributed by atoms with van der Waals surface area (Å²) in [5.41, 5.74) is 12.7. The van der Waals surface area contributed by atoms with Crippen molar-refractivity contribution < 1.29 is 4.74 Å². The number of methoxy groups -OCH3 is 1. The number of aliphatic imine (C=N–C) groups is 1. The normalized spacial score (nSPS) is 9.57. The molecule has 0 spiro atoms. The number of ether oxygens (including phenoxy) is 1. The Morgan fingerprint density at radius 3 is 2.71 bits per heavy atom. The molecule has 0 aromatic heterocycles. The number of hydrogen-bond acceptors (Lipinski definition) is 2. The van der Waals surface area contributed by atoms with Crippen LogP contribution < -0.4 is 16.2 Å². The Kier molecular flexibility index (Phi) is 3.34. The molecule has 4 N–H and O–H groups in total. The summed E-state index contributed by atoms with van der Waals surface area (Å²) in [5.74, 6) is 0.897. The third kappa shape index (κ3) is 2.65. The van der Waals surface area contributed by atoms with E-state index in [1.54, 1.807) is 7.11 Å². The first-order valence-electron chi connectivity index (χ1n) is 4.32. The predicted octanol–water partition coefficient (Wildman–Crippen LogP) is 0.777. The van der Waals surface area contributed by atoms with Crippen LogP contribution in [0.4, 0.5) is 0 Å². The van der Waals surface area contributed by atoms with Crippen molar-refractivity contribution in [1.29, 1.82) is 0 Å². The van der Waals surface area contributed by atoms with Gasteiger partial charge in [-0.3, -0.25) is 0 Å². The van der Waals surface area contributed by atoms with E-state index in [1.165, 1.54) is 0 Å². The lowest BCUT2D eigenvalue weighted by Crippen LogP contribution is -2.22. The molecule has 14 heavy (non-hydrogen) atoms. The van der Waals surface area contributed by atoms with Gasteiger partial charge in [-0.25, -0.2) is 4.99 Å². The van der Waals surface area contributed by atoms with Gasteiger partial charge in [0.1, 0.15) is 5.75 Å². The summed E-state index contributed by atoms with van der Waals surface area (Å²) in [6.45, 7) is 2.46. The Labute approximate surface area is 83.6 Å². The van der Waals surface area contributed by atoms with E-state index in [0.29, 0.717) is 6.54 Å². The first-order chi connectivity index (χ1) is 6.63. The van der Waals surface area contributed by atoms with Crippen molar-refractivity contribution in [2.24, 2.45) is 16.5 Å². The average Bonchev–Trinajstić information content (AvgIpc) is 2.15. The maximum atomic E-state index is 5.26. The van der Waals surface area contributed by atoms with Gasteiger partial charge < -0.3 is 16.2 Å². The predicted molar refractivity (Wildman–Crippen MR) is 57.2 cm³/mol. The van der Waals surface area contributed by atoms with E-state index >= 15 is 0 Å². The number of benzene rings is 1. The first-order valence-corrected chi connectivity index (χ1v) is 4.32. The van der Waals surface area contributed by atoms with Gasteiger partial charge in [0.15, 0.2) is 5.96 Å². The van der Waals surface area contributed by atoms with Crippen LogP contribution >= 0.6 is 0 Å². The molecule has 0 fully saturated rings. The number of guanidine groups is 1. The highest BCUT2D eigenvalue weighted by atomic mass is 16.5. The maximum absolute atomic E-state index is 5.26.